The molecule has 4 aromatic rings. The molecule has 0 atom stereocenters. The monoisotopic (exact) mass is 568 g/mol. The number of amides is 3. The smallest absolute Gasteiger partial charge is 0.319 e. The third kappa shape index (κ3) is 6.35. The molecule has 1 aliphatic carbocycles. The molecule has 3 heterocycles. The van der Waals surface area contributed by atoms with Crippen molar-refractivity contribution in [2.24, 2.45) is 0 Å². The Morgan fingerprint density at radius 1 is 1.15 bits per heavy atom. The number of benzene rings is 1. The van der Waals surface area contributed by atoms with Gasteiger partial charge >= 0.3 is 6.03 Å². The predicted octanol–water partition coefficient (Wildman–Crippen LogP) is 5.13. The van der Waals surface area contributed by atoms with Crippen molar-refractivity contribution < 1.29 is 32.8 Å². The molecule has 0 unspecified atom stereocenters. The summed E-state index contributed by atoms with van der Waals surface area (Å²) in [5.74, 6) is -2.45. The number of urea groups is 1. The van der Waals surface area contributed by atoms with Crippen LogP contribution in [0.25, 0.3) is 20.8 Å². The molecule has 3 N–H and O–H groups in total. The lowest BCUT2D eigenvalue weighted by Gasteiger charge is -2.19. The van der Waals surface area contributed by atoms with Crippen LogP contribution in [-0.2, 0) is 16.1 Å². The number of aromatic amines is 1. The van der Waals surface area contributed by atoms with Gasteiger partial charge in [-0.05, 0) is 37.1 Å². The highest BCUT2D eigenvalue weighted by Gasteiger charge is 2.25. The summed E-state index contributed by atoms with van der Waals surface area (Å²) in [6, 6.07) is 9.34. The van der Waals surface area contributed by atoms with Crippen molar-refractivity contribution in [2.75, 3.05) is 25.6 Å². The van der Waals surface area contributed by atoms with E-state index in [1.54, 1.807) is 18.1 Å². The molecule has 9 nitrogen and oxygen atoms in total. The zero-order chi connectivity index (χ0) is 28.2. The van der Waals surface area contributed by atoms with Gasteiger partial charge < -0.3 is 25.0 Å². The average molecular weight is 569 g/mol. The van der Waals surface area contributed by atoms with E-state index in [4.69, 9.17) is 9.47 Å². The summed E-state index contributed by atoms with van der Waals surface area (Å²) in [4.78, 5) is 34.1. The molecule has 12 heteroatoms. The lowest BCUT2D eigenvalue weighted by atomic mass is 10.2. The van der Waals surface area contributed by atoms with Gasteiger partial charge in [0, 0.05) is 50.5 Å². The molecule has 40 heavy (non-hydrogen) atoms. The first kappa shape index (κ1) is 27.4. The Balaban J connectivity index is 1.33. The zero-order valence-electron chi connectivity index (χ0n) is 21.9. The summed E-state index contributed by atoms with van der Waals surface area (Å²) in [5.41, 5.74) is 2.11. The van der Waals surface area contributed by atoms with Crippen molar-refractivity contribution in [3.05, 3.63) is 66.0 Å². The Labute approximate surface area is 233 Å². The van der Waals surface area contributed by atoms with E-state index in [2.05, 4.69) is 20.6 Å². The number of nitrogens with zero attached hydrogens (tertiary/aromatic N) is 2. The minimum atomic E-state index is -1.21. The van der Waals surface area contributed by atoms with E-state index < -0.39 is 17.7 Å². The molecule has 3 aromatic heterocycles. The van der Waals surface area contributed by atoms with Crippen LogP contribution in [0.2, 0.25) is 0 Å². The van der Waals surface area contributed by atoms with Gasteiger partial charge in [0.15, 0.2) is 17.8 Å². The van der Waals surface area contributed by atoms with E-state index in [0.29, 0.717) is 35.7 Å². The number of pyridine rings is 2. The van der Waals surface area contributed by atoms with Crippen LogP contribution in [0.1, 0.15) is 25.3 Å². The van der Waals surface area contributed by atoms with Gasteiger partial charge in [-0.3, -0.25) is 9.78 Å². The van der Waals surface area contributed by atoms with Crippen LogP contribution in [0, 0.1) is 11.6 Å². The van der Waals surface area contributed by atoms with E-state index in [0.717, 1.165) is 29.0 Å². The lowest BCUT2D eigenvalue weighted by molar-refractivity contribution is -0.365. The molecule has 208 valence electrons. The summed E-state index contributed by atoms with van der Waals surface area (Å²) >= 11 is 1.38. The molecule has 1 saturated carbocycles. The lowest BCUT2D eigenvalue weighted by Crippen LogP contribution is -2.31. The molecule has 0 spiro atoms. The fourth-order valence-corrected chi connectivity index (χ4v) is 5.06. The number of halogens is 2. The topological polar surface area (TPSA) is 107 Å². The summed E-state index contributed by atoms with van der Waals surface area (Å²) in [6.45, 7) is 2.92. The number of fused-ring (bicyclic) bond motifs is 1. The highest BCUT2D eigenvalue weighted by molar-refractivity contribution is 7.22. The van der Waals surface area contributed by atoms with Gasteiger partial charge in [0.1, 0.15) is 10.6 Å². The van der Waals surface area contributed by atoms with Gasteiger partial charge in [-0.25, -0.2) is 14.2 Å². The number of thiophene rings is 1. The predicted molar refractivity (Wildman–Crippen MR) is 146 cm³/mol. The maximum Gasteiger partial charge on any atom is 0.319 e. The van der Waals surface area contributed by atoms with Gasteiger partial charge in [0.25, 0.3) is 0 Å². The second-order valence-electron chi connectivity index (χ2n) is 9.39. The molecule has 0 aliphatic heterocycles. The fraction of sp³-hybridized carbons (Fsp3) is 0.286. The van der Waals surface area contributed by atoms with Crippen LogP contribution in [0.3, 0.4) is 0 Å². The Bertz CT molecular complexity index is 1540. The molecule has 0 saturated heterocycles. The van der Waals surface area contributed by atoms with Crippen LogP contribution in [0.15, 0.2) is 48.8 Å². The van der Waals surface area contributed by atoms with E-state index in [1.807, 2.05) is 24.4 Å². The van der Waals surface area contributed by atoms with Crippen LogP contribution in [-0.4, -0.2) is 48.1 Å². The molecular weight excluding hydrogens is 540 g/mol. The number of rotatable bonds is 10. The van der Waals surface area contributed by atoms with Gasteiger partial charge in [0.05, 0.1) is 29.1 Å². The summed E-state index contributed by atoms with van der Waals surface area (Å²) in [7, 11) is 1.60. The number of carbonyl (C=O) groups excluding carboxylic acids is 2. The Kier molecular flexibility index (Phi) is 8.17. The maximum atomic E-state index is 14.9. The first-order valence-electron chi connectivity index (χ1n) is 12.7. The first-order chi connectivity index (χ1) is 19.3. The number of methoxy groups -OCH3 is 1. The van der Waals surface area contributed by atoms with Gasteiger partial charge in [-0.2, -0.15) is 4.39 Å². The molecule has 5 rings (SSSR count). The Morgan fingerprint density at radius 3 is 2.67 bits per heavy atom. The second kappa shape index (κ2) is 11.9. The summed E-state index contributed by atoms with van der Waals surface area (Å²) < 4.78 is 41.1. The normalized spacial score (nSPS) is 12.8. The minimum Gasteiger partial charge on any atom is -0.453 e. The molecule has 1 aliphatic rings. The number of anilines is 1. The largest absolute Gasteiger partial charge is 0.453 e. The number of nitrogens with one attached hydrogen (secondary N) is 3. The van der Waals surface area contributed by atoms with Crippen molar-refractivity contribution in [3.63, 3.8) is 0 Å². The van der Waals surface area contributed by atoms with Crippen LogP contribution >= 0.6 is 11.3 Å². The van der Waals surface area contributed by atoms with E-state index in [1.165, 1.54) is 36.6 Å². The highest BCUT2D eigenvalue weighted by atomic mass is 32.1. The third-order valence-electron chi connectivity index (χ3n) is 6.33. The van der Waals surface area contributed by atoms with Crippen LogP contribution in [0.4, 0.5) is 19.3 Å². The van der Waals surface area contributed by atoms with E-state index in [9.17, 15) is 18.4 Å². The maximum absolute atomic E-state index is 14.9. The number of H-pyrrole nitrogens is 1. The van der Waals surface area contributed by atoms with Crippen molar-refractivity contribution in [1.82, 2.24) is 15.2 Å². The summed E-state index contributed by atoms with van der Waals surface area (Å²) in [6.07, 6.45) is 5.12. The van der Waals surface area contributed by atoms with Crippen LogP contribution < -0.4 is 20.4 Å². The van der Waals surface area contributed by atoms with Crippen molar-refractivity contribution >= 4 is 39.2 Å². The molecule has 0 radical (unpaired) electrons. The number of aromatic nitrogens is 2. The van der Waals surface area contributed by atoms with Gasteiger partial charge in [0.2, 0.25) is 17.4 Å². The highest BCUT2D eigenvalue weighted by Crippen LogP contribution is 2.39. The molecule has 3 amide bonds. The van der Waals surface area contributed by atoms with Crippen molar-refractivity contribution in [3.8, 4) is 22.1 Å². The number of carbonyl (C=O) groups is 2. The van der Waals surface area contributed by atoms with E-state index >= 15 is 0 Å². The fourth-order valence-electron chi connectivity index (χ4n) is 4.00. The zero-order valence-corrected chi connectivity index (χ0v) is 22.7. The third-order valence-corrected chi connectivity index (χ3v) is 7.50. The summed E-state index contributed by atoms with van der Waals surface area (Å²) in [5, 5.41) is 5.00. The minimum absolute atomic E-state index is 0.0365. The average Bonchev–Trinajstić information content (AvgIpc) is 3.64. The first-order valence-corrected chi connectivity index (χ1v) is 13.5. The van der Waals surface area contributed by atoms with Crippen molar-refractivity contribution in [1.29, 1.82) is 0 Å². The van der Waals surface area contributed by atoms with Crippen LogP contribution in [0.5, 0.6) is 11.5 Å². The quantitative estimate of drug-likeness (QED) is 0.276. The molecule has 0 bridgehead atoms. The Morgan fingerprint density at radius 2 is 1.98 bits per heavy atom. The van der Waals surface area contributed by atoms with Gasteiger partial charge in [-0.1, -0.05) is 0 Å². The number of hydrogen-bond acceptors (Lipinski definition) is 6. The molecular formula is C28H28F2N5O4S+. The number of ether oxygens (including phenoxy) is 2. The SMILES string of the molecule is COCCN(Cc1ccc(-c2cc3nccc(Oc4ccc(NC(=O)NC5CC5)c(F)c4F)c3s2)[nH+]c1)C(C)=O. The molecule has 1 aromatic carbocycles. The van der Waals surface area contributed by atoms with Gasteiger partial charge in [-0.15, -0.1) is 11.3 Å². The van der Waals surface area contributed by atoms with Crippen molar-refractivity contribution in [2.45, 2.75) is 32.4 Å². The standard InChI is InChI=1S/C28H27F2N5O4S/c1-16(36)35(11-12-38-2)15-17-3-6-19(32-14-17)24-13-21-27(40-24)23(9-10-31-21)39-22-8-7-20(25(29)26(22)30)34-28(37)33-18-4-5-18/h3,6-10,13-14,18H,4-5,11-12,15H2,1-2H3,(H2,33,34,37)/p+1. The molecule has 1 fully saturated rings. The number of hydrogen-bond donors (Lipinski definition) is 2. The van der Waals surface area contributed by atoms with E-state index in [-0.39, 0.29) is 23.4 Å². The second-order valence-corrected chi connectivity index (χ2v) is 10.4. The Hall–Kier alpha value is -4.16.